The highest BCUT2D eigenvalue weighted by atomic mass is 16.5. The topological polar surface area (TPSA) is 76.6 Å². The summed E-state index contributed by atoms with van der Waals surface area (Å²) < 4.78 is 10.6. The van der Waals surface area contributed by atoms with Gasteiger partial charge in [-0.05, 0) is 31.2 Å². The van der Waals surface area contributed by atoms with Crippen LogP contribution in [0.3, 0.4) is 0 Å². The molecule has 0 saturated carbocycles. The Hall–Kier alpha value is -2.67. The Morgan fingerprint density at radius 2 is 2.08 bits per heavy atom. The van der Waals surface area contributed by atoms with Gasteiger partial charge in [0, 0.05) is 32.1 Å². The molecule has 0 aromatic carbocycles. The van der Waals surface area contributed by atoms with Crippen molar-refractivity contribution in [3.63, 3.8) is 0 Å². The number of carbonyl (C=O) groups excluding carboxylic acids is 1. The number of nitrogens with zero attached hydrogens (tertiary/aromatic N) is 3. The minimum atomic E-state index is -0.155. The molecule has 0 radical (unpaired) electrons. The van der Waals surface area contributed by atoms with Crippen LogP contribution in [0, 0.1) is 0 Å². The Labute approximate surface area is 140 Å². The van der Waals surface area contributed by atoms with E-state index in [2.05, 4.69) is 15.3 Å². The van der Waals surface area contributed by atoms with Crippen molar-refractivity contribution in [2.45, 2.75) is 13.0 Å². The summed E-state index contributed by atoms with van der Waals surface area (Å²) in [6, 6.07) is 7.24. The molecule has 24 heavy (non-hydrogen) atoms. The summed E-state index contributed by atoms with van der Waals surface area (Å²) in [5.41, 5.74) is 1.19. The molecule has 1 N–H and O–H groups in total. The number of rotatable bonds is 5. The van der Waals surface area contributed by atoms with Gasteiger partial charge in [-0.2, -0.15) is 0 Å². The van der Waals surface area contributed by atoms with Crippen molar-refractivity contribution >= 4 is 17.4 Å². The van der Waals surface area contributed by atoms with Gasteiger partial charge >= 0.3 is 0 Å². The molecular formula is C17H20N4O3. The zero-order valence-electron chi connectivity index (χ0n) is 13.7. The number of pyridine rings is 2. The third-order valence-electron chi connectivity index (χ3n) is 3.69. The zero-order valence-corrected chi connectivity index (χ0v) is 13.7. The summed E-state index contributed by atoms with van der Waals surface area (Å²) in [4.78, 5) is 23.3. The van der Waals surface area contributed by atoms with E-state index in [1.807, 2.05) is 19.1 Å². The number of amides is 1. The number of nitrogens with one attached hydrogen (secondary N) is 1. The lowest BCUT2D eigenvalue weighted by Crippen LogP contribution is -2.44. The number of ether oxygens (including phenoxy) is 2. The number of aromatic nitrogens is 2. The molecule has 1 atom stereocenters. The molecule has 1 amide bonds. The van der Waals surface area contributed by atoms with Crippen LogP contribution in [0.15, 0.2) is 36.7 Å². The van der Waals surface area contributed by atoms with Crippen LogP contribution < -0.4 is 15.0 Å². The molecule has 126 valence electrons. The number of hydrogen-bond acceptors (Lipinski definition) is 6. The van der Waals surface area contributed by atoms with Gasteiger partial charge < -0.3 is 19.7 Å². The second-order valence-electron chi connectivity index (χ2n) is 5.53. The number of hydrogen-bond donors (Lipinski definition) is 1. The summed E-state index contributed by atoms with van der Waals surface area (Å²) in [6.07, 6.45) is 3.31. The van der Waals surface area contributed by atoms with Crippen molar-refractivity contribution in [3.8, 4) is 5.88 Å². The molecule has 7 nitrogen and oxygen atoms in total. The van der Waals surface area contributed by atoms with Gasteiger partial charge in [0.2, 0.25) is 5.88 Å². The fourth-order valence-corrected chi connectivity index (χ4v) is 2.61. The van der Waals surface area contributed by atoms with E-state index in [4.69, 9.17) is 9.47 Å². The normalized spacial score (nSPS) is 16.2. The second-order valence-corrected chi connectivity index (χ2v) is 5.53. The molecule has 0 saturated heterocycles. The molecule has 2 aromatic heterocycles. The highest BCUT2D eigenvalue weighted by molar-refractivity contribution is 6.09. The SMILES string of the molecule is COCCOc1ncccc1C(=O)N1CC(C)Nc2ncccc21. The summed E-state index contributed by atoms with van der Waals surface area (Å²) in [5, 5.41) is 3.28. The van der Waals surface area contributed by atoms with Crippen molar-refractivity contribution in [2.75, 3.05) is 37.1 Å². The fourth-order valence-electron chi connectivity index (χ4n) is 2.61. The van der Waals surface area contributed by atoms with Gasteiger partial charge in [0.1, 0.15) is 18.0 Å². The smallest absolute Gasteiger partial charge is 0.263 e. The van der Waals surface area contributed by atoms with Gasteiger partial charge in [-0.1, -0.05) is 0 Å². The van der Waals surface area contributed by atoms with E-state index in [0.29, 0.717) is 37.0 Å². The first-order valence-corrected chi connectivity index (χ1v) is 7.81. The molecule has 3 heterocycles. The third-order valence-corrected chi connectivity index (χ3v) is 3.69. The van der Waals surface area contributed by atoms with Crippen molar-refractivity contribution < 1.29 is 14.3 Å². The van der Waals surface area contributed by atoms with E-state index in [-0.39, 0.29) is 11.9 Å². The molecular weight excluding hydrogens is 308 g/mol. The predicted molar refractivity (Wildman–Crippen MR) is 90.6 cm³/mol. The third kappa shape index (κ3) is 3.30. The minimum absolute atomic E-state index is 0.103. The van der Waals surface area contributed by atoms with Crippen LogP contribution >= 0.6 is 0 Å². The van der Waals surface area contributed by atoms with Crippen LogP contribution in [0.5, 0.6) is 5.88 Å². The van der Waals surface area contributed by atoms with Crippen molar-refractivity contribution in [2.24, 2.45) is 0 Å². The summed E-state index contributed by atoms with van der Waals surface area (Å²) in [7, 11) is 1.60. The standard InChI is InChI=1S/C17H20N4O3/c1-12-11-21(14-6-4-7-18-15(14)20-12)17(22)13-5-3-8-19-16(13)24-10-9-23-2/h3-8,12H,9-11H2,1-2H3,(H,18,20). The fraction of sp³-hybridized carbons (Fsp3) is 0.353. The summed E-state index contributed by atoms with van der Waals surface area (Å²) >= 11 is 0. The molecule has 0 spiro atoms. The van der Waals surface area contributed by atoms with Gasteiger partial charge in [0.25, 0.3) is 5.91 Å². The first-order chi connectivity index (χ1) is 11.7. The predicted octanol–water partition coefficient (Wildman–Crippen LogP) is 1.96. The van der Waals surface area contributed by atoms with Crippen LogP contribution in [-0.2, 0) is 4.74 Å². The quantitative estimate of drug-likeness (QED) is 0.846. The van der Waals surface area contributed by atoms with Crippen LogP contribution in [0.2, 0.25) is 0 Å². The molecule has 1 unspecified atom stereocenters. The number of methoxy groups -OCH3 is 1. The molecule has 1 aliphatic rings. The Balaban J connectivity index is 1.90. The van der Waals surface area contributed by atoms with Crippen molar-refractivity contribution in [1.82, 2.24) is 9.97 Å². The van der Waals surface area contributed by atoms with E-state index in [0.717, 1.165) is 5.69 Å². The van der Waals surface area contributed by atoms with E-state index in [1.54, 1.807) is 36.5 Å². The maximum absolute atomic E-state index is 13.1. The van der Waals surface area contributed by atoms with Crippen molar-refractivity contribution in [1.29, 1.82) is 0 Å². The Kier molecular flexibility index (Phi) is 4.90. The number of anilines is 2. The highest BCUT2D eigenvalue weighted by Crippen LogP contribution is 2.30. The summed E-state index contributed by atoms with van der Waals surface area (Å²) in [5.74, 6) is 0.865. The monoisotopic (exact) mass is 328 g/mol. The molecule has 0 bridgehead atoms. The minimum Gasteiger partial charge on any atom is -0.475 e. The van der Waals surface area contributed by atoms with Gasteiger partial charge in [-0.25, -0.2) is 9.97 Å². The van der Waals surface area contributed by atoms with Gasteiger partial charge in [0.15, 0.2) is 0 Å². The van der Waals surface area contributed by atoms with Crippen LogP contribution in [0.25, 0.3) is 0 Å². The zero-order chi connectivity index (χ0) is 16.9. The lowest BCUT2D eigenvalue weighted by atomic mass is 10.1. The van der Waals surface area contributed by atoms with Crippen LogP contribution in [-0.4, -0.2) is 48.8 Å². The van der Waals surface area contributed by atoms with E-state index in [1.165, 1.54) is 0 Å². The molecule has 0 aliphatic carbocycles. The molecule has 2 aromatic rings. The average molecular weight is 328 g/mol. The molecule has 7 heteroatoms. The first kappa shape index (κ1) is 16.2. The maximum atomic E-state index is 13.1. The van der Waals surface area contributed by atoms with Gasteiger partial charge in [-0.3, -0.25) is 4.79 Å². The first-order valence-electron chi connectivity index (χ1n) is 7.81. The Morgan fingerprint density at radius 3 is 2.92 bits per heavy atom. The Morgan fingerprint density at radius 1 is 1.29 bits per heavy atom. The summed E-state index contributed by atoms with van der Waals surface area (Å²) in [6.45, 7) is 3.33. The van der Waals surface area contributed by atoms with E-state index < -0.39 is 0 Å². The lowest BCUT2D eigenvalue weighted by molar-refractivity contribution is 0.0975. The Bertz CT molecular complexity index is 722. The second kappa shape index (κ2) is 7.27. The van der Waals surface area contributed by atoms with E-state index in [9.17, 15) is 4.79 Å². The molecule has 0 fully saturated rings. The number of fused-ring (bicyclic) bond motifs is 1. The largest absolute Gasteiger partial charge is 0.475 e. The van der Waals surface area contributed by atoms with Crippen LogP contribution in [0.1, 0.15) is 17.3 Å². The van der Waals surface area contributed by atoms with Gasteiger partial charge in [-0.15, -0.1) is 0 Å². The average Bonchev–Trinajstić information content (AvgIpc) is 2.61. The molecule has 3 rings (SSSR count). The lowest BCUT2D eigenvalue weighted by Gasteiger charge is -2.33. The van der Waals surface area contributed by atoms with Crippen molar-refractivity contribution in [3.05, 3.63) is 42.2 Å². The molecule has 1 aliphatic heterocycles. The van der Waals surface area contributed by atoms with Gasteiger partial charge in [0.05, 0.1) is 12.3 Å². The maximum Gasteiger partial charge on any atom is 0.263 e. The van der Waals surface area contributed by atoms with E-state index >= 15 is 0 Å². The van der Waals surface area contributed by atoms with Crippen LogP contribution in [0.4, 0.5) is 11.5 Å². The highest BCUT2D eigenvalue weighted by Gasteiger charge is 2.29. The number of carbonyl (C=O) groups is 1.